The fourth-order valence-electron chi connectivity index (χ4n) is 3.08. The van der Waals surface area contributed by atoms with Crippen LogP contribution in [0.3, 0.4) is 0 Å². The molecule has 33 heavy (non-hydrogen) atoms. The largest absolute Gasteiger partial charge is 0.482 e. The molecule has 0 atom stereocenters. The van der Waals surface area contributed by atoms with Gasteiger partial charge in [0.2, 0.25) is 0 Å². The molecule has 0 unspecified atom stereocenters. The summed E-state index contributed by atoms with van der Waals surface area (Å²) >= 11 is 1.61. The van der Waals surface area contributed by atoms with Crippen LogP contribution in [0, 0.1) is 0 Å². The molecule has 1 N–H and O–H groups in total. The Kier molecular flexibility index (Phi) is 10.2. The number of thioether (sulfide) groups is 1. The van der Waals surface area contributed by atoms with Gasteiger partial charge in [-0.1, -0.05) is 12.1 Å². The third-order valence-electron chi connectivity index (χ3n) is 4.89. The zero-order valence-corrected chi connectivity index (χ0v) is 19.5. The van der Waals surface area contributed by atoms with E-state index in [0.29, 0.717) is 17.9 Å². The van der Waals surface area contributed by atoms with Crippen molar-refractivity contribution >= 4 is 29.9 Å². The molecule has 1 amide bonds. The SMILES string of the molecule is CSCCOC(=O)COc1ccc(/C=N/NC(=O)c2ccc(CN3CCOCC3)cc2)cc1. The van der Waals surface area contributed by atoms with E-state index in [9.17, 15) is 9.59 Å². The van der Waals surface area contributed by atoms with Crippen molar-refractivity contribution in [2.45, 2.75) is 6.54 Å². The molecule has 176 valence electrons. The van der Waals surface area contributed by atoms with E-state index in [0.717, 1.165) is 49.7 Å². The van der Waals surface area contributed by atoms with Crippen LogP contribution in [0.4, 0.5) is 0 Å². The summed E-state index contributed by atoms with van der Waals surface area (Å²) in [7, 11) is 0. The number of hydrogen-bond donors (Lipinski definition) is 1. The van der Waals surface area contributed by atoms with Gasteiger partial charge in [0.05, 0.1) is 19.4 Å². The summed E-state index contributed by atoms with van der Waals surface area (Å²) in [5.41, 5.74) is 5.03. The Morgan fingerprint density at radius 3 is 2.55 bits per heavy atom. The van der Waals surface area contributed by atoms with Crippen molar-refractivity contribution in [3.8, 4) is 5.75 Å². The number of carbonyl (C=O) groups excluding carboxylic acids is 2. The number of hydrogen-bond acceptors (Lipinski definition) is 8. The van der Waals surface area contributed by atoms with Crippen molar-refractivity contribution in [2.24, 2.45) is 5.10 Å². The summed E-state index contributed by atoms with van der Waals surface area (Å²) in [5, 5.41) is 4.02. The average molecular weight is 472 g/mol. The first-order chi connectivity index (χ1) is 16.1. The van der Waals surface area contributed by atoms with Gasteiger partial charge in [0.1, 0.15) is 12.4 Å². The topological polar surface area (TPSA) is 89.5 Å². The lowest BCUT2D eigenvalue weighted by atomic mass is 10.1. The second-order valence-corrected chi connectivity index (χ2v) is 8.34. The Morgan fingerprint density at radius 2 is 1.85 bits per heavy atom. The molecule has 0 spiro atoms. The van der Waals surface area contributed by atoms with Crippen LogP contribution in [0.15, 0.2) is 53.6 Å². The summed E-state index contributed by atoms with van der Waals surface area (Å²) in [6, 6.07) is 14.6. The minimum atomic E-state index is -0.397. The Bertz CT molecular complexity index is 913. The van der Waals surface area contributed by atoms with Gasteiger partial charge in [-0.25, -0.2) is 10.2 Å². The number of hydrazone groups is 1. The van der Waals surface area contributed by atoms with Gasteiger partial charge in [-0.3, -0.25) is 9.69 Å². The Labute approximate surface area is 198 Å². The molecule has 0 bridgehead atoms. The maximum absolute atomic E-state index is 12.3. The van der Waals surface area contributed by atoms with Gasteiger partial charge in [-0.15, -0.1) is 0 Å². The maximum Gasteiger partial charge on any atom is 0.344 e. The van der Waals surface area contributed by atoms with E-state index in [1.807, 2.05) is 18.4 Å². The minimum Gasteiger partial charge on any atom is -0.482 e. The molecule has 2 aromatic rings. The first-order valence-corrected chi connectivity index (χ1v) is 12.1. The van der Waals surface area contributed by atoms with Crippen molar-refractivity contribution in [1.82, 2.24) is 10.3 Å². The minimum absolute atomic E-state index is 0.136. The molecule has 2 aromatic carbocycles. The van der Waals surface area contributed by atoms with Crippen LogP contribution in [0.5, 0.6) is 5.75 Å². The fraction of sp³-hybridized carbons (Fsp3) is 0.375. The van der Waals surface area contributed by atoms with Crippen LogP contribution in [-0.4, -0.2) is 74.5 Å². The summed E-state index contributed by atoms with van der Waals surface area (Å²) in [4.78, 5) is 26.2. The molecule has 0 saturated carbocycles. The predicted molar refractivity (Wildman–Crippen MR) is 129 cm³/mol. The van der Waals surface area contributed by atoms with Crippen LogP contribution in [0.25, 0.3) is 0 Å². The van der Waals surface area contributed by atoms with Gasteiger partial charge in [0, 0.05) is 31.0 Å². The van der Waals surface area contributed by atoms with Crippen molar-refractivity contribution in [1.29, 1.82) is 0 Å². The zero-order valence-electron chi connectivity index (χ0n) is 18.7. The highest BCUT2D eigenvalue weighted by atomic mass is 32.2. The van der Waals surface area contributed by atoms with Crippen molar-refractivity contribution in [3.63, 3.8) is 0 Å². The number of esters is 1. The number of rotatable bonds is 11. The summed E-state index contributed by atoms with van der Waals surface area (Å²) in [6.07, 6.45) is 3.50. The molecule has 8 nitrogen and oxygen atoms in total. The van der Waals surface area contributed by atoms with Gasteiger partial charge >= 0.3 is 5.97 Å². The molecule has 1 heterocycles. The van der Waals surface area contributed by atoms with Crippen molar-refractivity contribution < 1.29 is 23.8 Å². The van der Waals surface area contributed by atoms with E-state index in [4.69, 9.17) is 14.2 Å². The smallest absolute Gasteiger partial charge is 0.344 e. The van der Waals surface area contributed by atoms with E-state index < -0.39 is 5.97 Å². The van der Waals surface area contributed by atoms with E-state index in [1.165, 1.54) is 0 Å². The second-order valence-electron chi connectivity index (χ2n) is 7.36. The number of nitrogens with zero attached hydrogens (tertiary/aromatic N) is 2. The zero-order chi connectivity index (χ0) is 23.3. The monoisotopic (exact) mass is 471 g/mol. The van der Waals surface area contributed by atoms with E-state index in [-0.39, 0.29) is 12.5 Å². The lowest BCUT2D eigenvalue weighted by molar-refractivity contribution is -0.145. The highest BCUT2D eigenvalue weighted by Crippen LogP contribution is 2.12. The Balaban J connectivity index is 1.40. The van der Waals surface area contributed by atoms with Crippen LogP contribution in [0.1, 0.15) is 21.5 Å². The van der Waals surface area contributed by atoms with Crippen molar-refractivity contribution in [3.05, 3.63) is 65.2 Å². The van der Waals surface area contributed by atoms with E-state index >= 15 is 0 Å². The normalized spacial score (nSPS) is 14.2. The number of amides is 1. The number of nitrogens with one attached hydrogen (secondary N) is 1. The van der Waals surface area contributed by atoms with Gasteiger partial charge in [-0.2, -0.15) is 16.9 Å². The highest BCUT2D eigenvalue weighted by Gasteiger charge is 2.11. The second kappa shape index (κ2) is 13.6. The standard InChI is InChI=1S/C24H29N3O5S/c1-33-15-14-31-23(28)18-32-22-8-4-19(5-9-22)16-25-26-24(29)21-6-2-20(3-7-21)17-27-10-12-30-13-11-27/h2-9,16H,10-15,17-18H2,1H3,(H,26,29)/b25-16+. The number of ether oxygens (including phenoxy) is 3. The molecule has 1 fully saturated rings. The molecule has 1 saturated heterocycles. The average Bonchev–Trinajstić information content (AvgIpc) is 2.85. The summed E-state index contributed by atoms with van der Waals surface area (Å²) in [6.45, 7) is 4.47. The third kappa shape index (κ3) is 8.88. The molecule has 0 radical (unpaired) electrons. The van der Waals surface area contributed by atoms with E-state index in [2.05, 4.69) is 15.4 Å². The Morgan fingerprint density at radius 1 is 1.12 bits per heavy atom. The Hall–Kier alpha value is -2.88. The number of carbonyl (C=O) groups is 2. The number of morpholine rings is 1. The molecule has 3 rings (SSSR count). The molecule has 0 aromatic heterocycles. The van der Waals surface area contributed by atoms with Gasteiger partial charge in [0.25, 0.3) is 5.91 Å². The molecule has 0 aliphatic carbocycles. The lowest BCUT2D eigenvalue weighted by Gasteiger charge is -2.26. The molecule has 9 heteroatoms. The van der Waals surface area contributed by atoms with Crippen LogP contribution in [-0.2, 0) is 20.8 Å². The quantitative estimate of drug-likeness (QED) is 0.233. The molecular weight excluding hydrogens is 442 g/mol. The highest BCUT2D eigenvalue weighted by molar-refractivity contribution is 7.98. The predicted octanol–water partition coefficient (Wildman–Crippen LogP) is 2.57. The van der Waals surface area contributed by atoms with E-state index in [1.54, 1.807) is 54.4 Å². The molecule has 1 aliphatic rings. The number of benzene rings is 2. The molecule has 1 aliphatic heterocycles. The van der Waals surface area contributed by atoms with Crippen LogP contribution in [0.2, 0.25) is 0 Å². The lowest BCUT2D eigenvalue weighted by Crippen LogP contribution is -2.35. The first kappa shape index (κ1) is 24.8. The van der Waals surface area contributed by atoms with Gasteiger partial charge < -0.3 is 14.2 Å². The van der Waals surface area contributed by atoms with Crippen molar-refractivity contribution in [2.75, 3.05) is 51.5 Å². The van der Waals surface area contributed by atoms with Crippen LogP contribution < -0.4 is 10.2 Å². The maximum atomic E-state index is 12.3. The molecular formula is C24H29N3O5S. The fourth-order valence-corrected chi connectivity index (χ4v) is 3.33. The van der Waals surface area contributed by atoms with Crippen LogP contribution >= 0.6 is 11.8 Å². The van der Waals surface area contributed by atoms with Gasteiger partial charge in [0.15, 0.2) is 6.61 Å². The first-order valence-electron chi connectivity index (χ1n) is 10.7. The summed E-state index contributed by atoms with van der Waals surface area (Å²) < 4.78 is 15.8. The third-order valence-corrected chi connectivity index (χ3v) is 5.47. The van der Waals surface area contributed by atoms with Gasteiger partial charge in [-0.05, 0) is 53.8 Å². The summed E-state index contributed by atoms with van der Waals surface area (Å²) in [5.74, 6) is 0.641.